The number of ether oxygens (including phenoxy) is 1. The number of Topliss-reactive ketones (excluding diaryl/α,β-unsaturated/α-hetero) is 2. The van der Waals surface area contributed by atoms with Gasteiger partial charge in [0.15, 0.2) is 18.2 Å². The number of benzene rings is 2. The number of halogens is 1. The van der Waals surface area contributed by atoms with E-state index in [9.17, 15) is 14.4 Å². The van der Waals surface area contributed by atoms with Crippen LogP contribution in [0.15, 0.2) is 58.9 Å². The van der Waals surface area contributed by atoms with Gasteiger partial charge in [-0.1, -0.05) is 51.4 Å². The Morgan fingerprint density at radius 2 is 1.54 bits per heavy atom. The fourth-order valence-corrected chi connectivity index (χ4v) is 6.75. The van der Waals surface area contributed by atoms with E-state index in [0.717, 1.165) is 41.1 Å². The smallest absolute Gasteiger partial charge is 0.262 e. The predicted molar refractivity (Wildman–Crippen MR) is 162 cm³/mol. The molecule has 0 saturated carbocycles. The molecule has 2 aliphatic carbocycles. The van der Waals surface area contributed by atoms with Gasteiger partial charge in [0, 0.05) is 64.6 Å². The second-order valence-corrected chi connectivity index (χ2v) is 13.8. The van der Waals surface area contributed by atoms with Crippen LogP contribution in [0.1, 0.15) is 76.0 Å². The number of amides is 1. The van der Waals surface area contributed by atoms with E-state index in [-0.39, 0.29) is 34.9 Å². The van der Waals surface area contributed by atoms with Gasteiger partial charge in [0.2, 0.25) is 0 Å². The molecule has 7 heteroatoms. The van der Waals surface area contributed by atoms with Gasteiger partial charge < -0.3 is 15.0 Å². The zero-order chi connectivity index (χ0) is 29.9. The highest BCUT2D eigenvalue weighted by Gasteiger charge is 2.48. The van der Waals surface area contributed by atoms with Gasteiger partial charge in [-0.15, -0.1) is 0 Å². The Balaban J connectivity index is 1.57. The van der Waals surface area contributed by atoms with Crippen molar-refractivity contribution in [2.75, 3.05) is 19.0 Å². The first kappa shape index (κ1) is 29.1. The first-order chi connectivity index (χ1) is 19.2. The van der Waals surface area contributed by atoms with Crippen LogP contribution in [0, 0.1) is 24.7 Å². The summed E-state index contributed by atoms with van der Waals surface area (Å²) in [5.41, 5.74) is 6.28. The summed E-state index contributed by atoms with van der Waals surface area (Å²) < 4.78 is 6.14. The van der Waals surface area contributed by atoms with Crippen LogP contribution in [0.5, 0.6) is 5.75 Å². The van der Waals surface area contributed by atoms with Crippen LogP contribution < -0.4 is 10.1 Å². The van der Waals surface area contributed by atoms with Crippen LogP contribution in [0.25, 0.3) is 0 Å². The van der Waals surface area contributed by atoms with Gasteiger partial charge in [-0.2, -0.15) is 0 Å². The van der Waals surface area contributed by atoms with Gasteiger partial charge in [0.1, 0.15) is 5.75 Å². The normalized spacial score (nSPS) is 20.1. The van der Waals surface area contributed by atoms with E-state index >= 15 is 0 Å². The molecule has 0 fully saturated rings. The second kappa shape index (κ2) is 10.5. The maximum absolute atomic E-state index is 13.9. The maximum atomic E-state index is 13.9. The quantitative estimate of drug-likeness (QED) is 0.406. The minimum atomic E-state index is -0.598. The Kier molecular flexibility index (Phi) is 7.44. The molecular weight excluding hydrogens is 536 g/mol. The summed E-state index contributed by atoms with van der Waals surface area (Å²) in [5, 5.41) is 3.41. The van der Waals surface area contributed by atoms with Crippen molar-refractivity contribution in [3.8, 4) is 5.75 Å². The molecular formula is C34H39ClN2O4. The van der Waals surface area contributed by atoms with Crippen molar-refractivity contribution in [1.82, 2.24) is 4.90 Å². The summed E-state index contributed by atoms with van der Waals surface area (Å²) in [4.78, 5) is 42.8. The topological polar surface area (TPSA) is 75.7 Å². The van der Waals surface area contributed by atoms with Crippen molar-refractivity contribution >= 4 is 34.8 Å². The first-order valence-corrected chi connectivity index (χ1v) is 14.6. The molecule has 3 aliphatic rings. The number of nitrogens with one attached hydrogen (secondary N) is 1. The van der Waals surface area contributed by atoms with Crippen LogP contribution in [0.3, 0.4) is 0 Å². The molecule has 0 saturated heterocycles. The van der Waals surface area contributed by atoms with Gasteiger partial charge in [0.25, 0.3) is 5.91 Å². The monoisotopic (exact) mass is 574 g/mol. The number of carbonyl (C=O) groups excluding carboxylic acids is 3. The average molecular weight is 575 g/mol. The van der Waals surface area contributed by atoms with Gasteiger partial charge in [-0.05, 0) is 72.9 Å². The molecule has 1 heterocycles. The first-order valence-electron chi connectivity index (χ1n) is 14.2. The molecule has 0 radical (unpaired) electrons. The van der Waals surface area contributed by atoms with Crippen molar-refractivity contribution in [3.63, 3.8) is 0 Å². The highest BCUT2D eigenvalue weighted by Crippen LogP contribution is 2.55. The van der Waals surface area contributed by atoms with E-state index in [1.807, 2.05) is 39.1 Å². The number of ketones is 2. The van der Waals surface area contributed by atoms with Crippen molar-refractivity contribution in [3.05, 3.63) is 80.7 Å². The second-order valence-electron chi connectivity index (χ2n) is 13.4. The Morgan fingerprint density at radius 3 is 2.12 bits per heavy atom. The number of hydrogen-bond donors (Lipinski definition) is 1. The molecule has 2 aromatic rings. The van der Waals surface area contributed by atoms with E-state index in [4.69, 9.17) is 16.3 Å². The Morgan fingerprint density at radius 1 is 0.951 bits per heavy atom. The van der Waals surface area contributed by atoms with Gasteiger partial charge >= 0.3 is 0 Å². The van der Waals surface area contributed by atoms with E-state index in [1.54, 1.807) is 18.2 Å². The van der Waals surface area contributed by atoms with Crippen LogP contribution >= 0.6 is 11.6 Å². The molecule has 1 N–H and O–H groups in total. The van der Waals surface area contributed by atoms with E-state index in [2.05, 4.69) is 37.9 Å². The lowest BCUT2D eigenvalue weighted by molar-refractivity contribution is -0.120. The number of aryl methyl sites for hydroxylation is 1. The molecule has 1 aliphatic heterocycles. The van der Waals surface area contributed by atoms with Gasteiger partial charge in [0.05, 0.1) is 0 Å². The molecule has 1 amide bonds. The van der Waals surface area contributed by atoms with E-state index < -0.39 is 5.92 Å². The van der Waals surface area contributed by atoms with E-state index in [1.165, 1.54) is 0 Å². The van der Waals surface area contributed by atoms with Crippen molar-refractivity contribution < 1.29 is 19.1 Å². The van der Waals surface area contributed by atoms with Crippen molar-refractivity contribution in [1.29, 1.82) is 0 Å². The van der Waals surface area contributed by atoms with Crippen LogP contribution in [0.2, 0.25) is 5.02 Å². The molecule has 0 bridgehead atoms. The molecule has 0 unspecified atom stereocenters. The molecule has 2 aromatic carbocycles. The van der Waals surface area contributed by atoms with Crippen LogP contribution in [0.4, 0.5) is 5.69 Å². The lowest BCUT2D eigenvalue weighted by atomic mass is 9.63. The fraction of sp³-hybridized carbons (Fsp3) is 0.441. The molecule has 41 heavy (non-hydrogen) atoms. The van der Waals surface area contributed by atoms with E-state index in [0.29, 0.717) is 40.3 Å². The molecule has 6 nitrogen and oxygen atoms in total. The summed E-state index contributed by atoms with van der Waals surface area (Å²) in [7, 11) is 1.98. The SMILES string of the molecule is Cc1cccc(NC(=O)COc2ccc(Cl)cc2C2C3=C(CC(C)(C)CC3=O)N(C)C3=C2C(=O)CC(C)(C)C3)c1C. The Bertz CT molecular complexity index is 1480. The van der Waals surface area contributed by atoms with Gasteiger partial charge in [-0.25, -0.2) is 0 Å². The summed E-state index contributed by atoms with van der Waals surface area (Å²) in [6, 6.07) is 11.0. The number of anilines is 1. The summed E-state index contributed by atoms with van der Waals surface area (Å²) in [5.74, 6) is -0.381. The average Bonchev–Trinajstić information content (AvgIpc) is 2.86. The number of nitrogens with zero attached hydrogens (tertiary/aromatic N) is 1. The molecule has 5 rings (SSSR count). The highest BCUT2D eigenvalue weighted by atomic mass is 35.5. The standard InChI is InChI=1S/C34H39ClN2O4/c1-19-9-8-10-23(20(19)2)36-29(40)18-41-28-12-11-21(35)13-22(28)30-31-24(14-33(3,4)16-26(31)38)37(7)25-15-34(5,6)17-27(39)32(25)30/h8-13,30H,14-18H2,1-7H3,(H,36,40). The largest absolute Gasteiger partial charge is 0.483 e. The third kappa shape index (κ3) is 5.59. The fourth-order valence-electron chi connectivity index (χ4n) is 6.57. The zero-order valence-corrected chi connectivity index (χ0v) is 25.8. The minimum absolute atomic E-state index is 0.0378. The molecule has 216 valence electrons. The number of rotatable bonds is 5. The summed E-state index contributed by atoms with van der Waals surface area (Å²) in [6.07, 6.45) is 2.24. The molecule has 0 aromatic heterocycles. The Labute approximate surface area is 247 Å². The van der Waals surface area contributed by atoms with Crippen molar-refractivity contribution in [2.24, 2.45) is 10.8 Å². The lowest BCUT2D eigenvalue weighted by Gasteiger charge is -2.48. The van der Waals surface area contributed by atoms with Gasteiger partial charge in [-0.3, -0.25) is 14.4 Å². The third-order valence-corrected chi connectivity index (χ3v) is 8.94. The molecule has 0 spiro atoms. The van der Waals surface area contributed by atoms with Crippen LogP contribution in [-0.4, -0.2) is 36.0 Å². The molecule has 0 atom stereocenters. The maximum Gasteiger partial charge on any atom is 0.262 e. The number of hydrogen-bond acceptors (Lipinski definition) is 5. The number of carbonyl (C=O) groups is 3. The highest BCUT2D eigenvalue weighted by molar-refractivity contribution is 6.30. The third-order valence-electron chi connectivity index (χ3n) is 8.70. The summed E-state index contributed by atoms with van der Waals surface area (Å²) >= 11 is 6.53. The Hall–Kier alpha value is -3.38. The zero-order valence-electron chi connectivity index (χ0n) is 25.0. The number of allylic oxidation sites excluding steroid dienone is 4. The van der Waals surface area contributed by atoms with Crippen molar-refractivity contribution in [2.45, 2.75) is 73.1 Å². The van der Waals surface area contributed by atoms with Crippen LogP contribution in [-0.2, 0) is 14.4 Å². The lowest BCUT2D eigenvalue weighted by Crippen LogP contribution is -2.43. The predicted octanol–water partition coefficient (Wildman–Crippen LogP) is 7.29. The minimum Gasteiger partial charge on any atom is -0.483 e. The summed E-state index contributed by atoms with van der Waals surface area (Å²) in [6.45, 7) is 12.2.